The summed E-state index contributed by atoms with van der Waals surface area (Å²) in [5.41, 5.74) is 1.66. The Morgan fingerprint density at radius 1 is 1.50 bits per heavy atom. The van der Waals surface area contributed by atoms with Gasteiger partial charge in [-0.25, -0.2) is 0 Å². The molecule has 1 aromatic rings. The van der Waals surface area contributed by atoms with Crippen LogP contribution in [0.3, 0.4) is 0 Å². The van der Waals surface area contributed by atoms with Gasteiger partial charge in [-0.15, -0.1) is 0 Å². The van der Waals surface area contributed by atoms with E-state index in [1.807, 2.05) is 12.1 Å². The van der Waals surface area contributed by atoms with Gasteiger partial charge in [-0.05, 0) is 17.2 Å². The molecule has 0 fully saturated rings. The van der Waals surface area contributed by atoms with Crippen molar-refractivity contribution in [2.75, 3.05) is 6.61 Å². The van der Waals surface area contributed by atoms with Gasteiger partial charge in [-0.2, -0.15) is 0 Å². The molecule has 0 amide bonds. The van der Waals surface area contributed by atoms with Crippen molar-refractivity contribution >= 4 is 6.08 Å². The van der Waals surface area contributed by atoms with Crippen LogP contribution in [0.2, 0.25) is 0 Å². The first kappa shape index (κ1) is 8.97. The van der Waals surface area contributed by atoms with Crippen molar-refractivity contribution in [3.05, 3.63) is 42.0 Å². The van der Waals surface area contributed by atoms with E-state index in [-0.39, 0.29) is 6.61 Å². The minimum absolute atomic E-state index is 0.249. The molecule has 64 valence electrons. The van der Waals surface area contributed by atoms with Crippen molar-refractivity contribution < 1.29 is 10.2 Å². The predicted octanol–water partition coefficient (Wildman–Crippen LogP) is 1.36. The molecular weight excluding hydrogens is 152 g/mol. The molecule has 0 aromatic heterocycles. The van der Waals surface area contributed by atoms with Crippen molar-refractivity contribution in [2.24, 2.45) is 0 Å². The van der Waals surface area contributed by atoms with Gasteiger partial charge in [0.15, 0.2) is 0 Å². The Bertz CT molecular complexity index is 268. The Morgan fingerprint density at radius 3 is 2.83 bits per heavy atom. The molecule has 0 saturated carbocycles. The van der Waals surface area contributed by atoms with Gasteiger partial charge < -0.3 is 10.2 Å². The van der Waals surface area contributed by atoms with Gasteiger partial charge in [0.2, 0.25) is 0 Å². The van der Waals surface area contributed by atoms with Crippen molar-refractivity contribution in [3.63, 3.8) is 0 Å². The summed E-state index contributed by atoms with van der Waals surface area (Å²) in [7, 11) is 0. The van der Waals surface area contributed by atoms with Crippen molar-refractivity contribution in [1.29, 1.82) is 0 Å². The minimum Gasteiger partial charge on any atom is -0.393 e. The standard InChI is InChI=1S/C10H12O2/c1-2-8-4-3-5-9(6-8)10(12)7-11/h2-6,10-12H,1,7H2/t10-/m0/s1. The van der Waals surface area contributed by atoms with Gasteiger partial charge in [0.25, 0.3) is 0 Å². The third-order valence-electron chi connectivity index (χ3n) is 1.70. The highest BCUT2D eigenvalue weighted by molar-refractivity contribution is 5.48. The number of rotatable bonds is 3. The molecule has 2 nitrogen and oxygen atoms in total. The van der Waals surface area contributed by atoms with Crippen LogP contribution in [0.15, 0.2) is 30.8 Å². The van der Waals surface area contributed by atoms with E-state index in [9.17, 15) is 5.11 Å². The fourth-order valence-corrected chi connectivity index (χ4v) is 0.999. The van der Waals surface area contributed by atoms with Gasteiger partial charge in [0.05, 0.1) is 6.61 Å². The molecule has 0 spiro atoms. The maximum Gasteiger partial charge on any atom is 0.102 e. The summed E-state index contributed by atoms with van der Waals surface area (Å²) in [6.45, 7) is 3.36. The van der Waals surface area contributed by atoms with Crippen molar-refractivity contribution in [3.8, 4) is 0 Å². The Morgan fingerprint density at radius 2 is 2.25 bits per heavy atom. The molecule has 2 heteroatoms. The van der Waals surface area contributed by atoms with E-state index in [0.29, 0.717) is 0 Å². The van der Waals surface area contributed by atoms with Crippen molar-refractivity contribution in [1.82, 2.24) is 0 Å². The quantitative estimate of drug-likeness (QED) is 0.708. The summed E-state index contributed by atoms with van der Waals surface area (Å²) in [6, 6.07) is 7.29. The monoisotopic (exact) mass is 164 g/mol. The van der Waals surface area contributed by atoms with Crippen molar-refractivity contribution in [2.45, 2.75) is 6.10 Å². The molecule has 1 rings (SSSR count). The zero-order valence-electron chi connectivity index (χ0n) is 6.77. The number of aliphatic hydroxyl groups excluding tert-OH is 2. The Balaban J connectivity index is 2.93. The van der Waals surface area contributed by atoms with E-state index in [1.165, 1.54) is 0 Å². The molecule has 0 aliphatic carbocycles. The number of aliphatic hydroxyl groups is 2. The highest BCUT2D eigenvalue weighted by Gasteiger charge is 2.04. The van der Waals surface area contributed by atoms with Gasteiger partial charge in [0, 0.05) is 0 Å². The number of hydrogen-bond donors (Lipinski definition) is 2. The Kier molecular flexibility index (Phi) is 3.02. The molecule has 0 bridgehead atoms. The zero-order chi connectivity index (χ0) is 8.97. The molecule has 1 atom stereocenters. The second kappa shape index (κ2) is 4.04. The SMILES string of the molecule is C=Cc1cccc([C@@H](O)CO)c1. The molecular formula is C10H12O2. The summed E-state index contributed by atoms with van der Waals surface area (Å²) in [4.78, 5) is 0. The van der Waals surface area contributed by atoms with Crippen LogP contribution >= 0.6 is 0 Å². The molecule has 0 radical (unpaired) electrons. The van der Waals surface area contributed by atoms with Crippen LogP contribution in [0.5, 0.6) is 0 Å². The lowest BCUT2D eigenvalue weighted by atomic mass is 10.1. The topological polar surface area (TPSA) is 40.5 Å². The average molecular weight is 164 g/mol. The molecule has 0 aliphatic rings. The fraction of sp³-hybridized carbons (Fsp3) is 0.200. The van der Waals surface area contributed by atoms with Crippen LogP contribution in [0.1, 0.15) is 17.2 Å². The van der Waals surface area contributed by atoms with E-state index < -0.39 is 6.10 Å². The van der Waals surface area contributed by atoms with Crippen LogP contribution in [-0.4, -0.2) is 16.8 Å². The predicted molar refractivity (Wildman–Crippen MR) is 48.6 cm³/mol. The molecule has 12 heavy (non-hydrogen) atoms. The zero-order valence-corrected chi connectivity index (χ0v) is 6.77. The highest BCUT2D eigenvalue weighted by atomic mass is 16.3. The van der Waals surface area contributed by atoms with E-state index in [1.54, 1.807) is 18.2 Å². The molecule has 0 aliphatic heterocycles. The van der Waals surface area contributed by atoms with Gasteiger partial charge in [-0.1, -0.05) is 30.9 Å². The first-order valence-corrected chi connectivity index (χ1v) is 3.79. The Labute approximate surface area is 71.8 Å². The summed E-state index contributed by atoms with van der Waals surface area (Å²) in [5.74, 6) is 0. The number of benzene rings is 1. The minimum atomic E-state index is -0.787. The lowest BCUT2D eigenvalue weighted by Crippen LogP contribution is -2.01. The molecule has 1 aromatic carbocycles. The van der Waals surface area contributed by atoms with E-state index in [4.69, 9.17) is 5.11 Å². The second-order valence-corrected chi connectivity index (χ2v) is 2.57. The van der Waals surface area contributed by atoms with E-state index >= 15 is 0 Å². The summed E-state index contributed by atoms with van der Waals surface area (Å²) >= 11 is 0. The molecule has 0 saturated heterocycles. The van der Waals surface area contributed by atoms with Crippen LogP contribution in [0.4, 0.5) is 0 Å². The van der Waals surface area contributed by atoms with Crippen LogP contribution in [0, 0.1) is 0 Å². The van der Waals surface area contributed by atoms with Crippen LogP contribution in [-0.2, 0) is 0 Å². The van der Waals surface area contributed by atoms with Crippen LogP contribution in [0.25, 0.3) is 6.08 Å². The van der Waals surface area contributed by atoms with Crippen LogP contribution < -0.4 is 0 Å². The van der Waals surface area contributed by atoms with Gasteiger partial charge in [0.1, 0.15) is 6.10 Å². The Hall–Kier alpha value is -1.12. The van der Waals surface area contributed by atoms with E-state index in [2.05, 4.69) is 6.58 Å². The normalized spacial score (nSPS) is 12.5. The summed E-state index contributed by atoms with van der Waals surface area (Å²) in [6.07, 6.45) is 0.915. The second-order valence-electron chi connectivity index (χ2n) is 2.57. The lowest BCUT2D eigenvalue weighted by Gasteiger charge is -2.07. The van der Waals surface area contributed by atoms with Gasteiger partial charge in [-0.3, -0.25) is 0 Å². The maximum atomic E-state index is 9.26. The first-order chi connectivity index (χ1) is 5.77. The average Bonchev–Trinajstić information content (AvgIpc) is 2.17. The highest BCUT2D eigenvalue weighted by Crippen LogP contribution is 2.14. The third-order valence-corrected chi connectivity index (χ3v) is 1.70. The summed E-state index contributed by atoms with van der Waals surface area (Å²) < 4.78 is 0. The van der Waals surface area contributed by atoms with E-state index in [0.717, 1.165) is 11.1 Å². The lowest BCUT2D eigenvalue weighted by molar-refractivity contribution is 0.0956. The largest absolute Gasteiger partial charge is 0.393 e. The molecule has 2 N–H and O–H groups in total. The summed E-state index contributed by atoms with van der Waals surface area (Å²) in [5, 5.41) is 17.9. The molecule has 0 unspecified atom stereocenters. The first-order valence-electron chi connectivity index (χ1n) is 3.79. The maximum absolute atomic E-state index is 9.26. The number of hydrogen-bond acceptors (Lipinski definition) is 2. The fourth-order valence-electron chi connectivity index (χ4n) is 0.999. The smallest absolute Gasteiger partial charge is 0.102 e. The third kappa shape index (κ3) is 1.94. The molecule has 0 heterocycles. The van der Waals surface area contributed by atoms with Gasteiger partial charge >= 0.3 is 0 Å².